The Kier molecular flexibility index (Phi) is 6.71. The van der Waals surface area contributed by atoms with Crippen molar-refractivity contribution in [1.82, 2.24) is 19.5 Å². The van der Waals surface area contributed by atoms with Gasteiger partial charge in [0.15, 0.2) is 23.2 Å². The Morgan fingerprint density at radius 2 is 1.63 bits per heavy atom. The van der Waals surface area contributed by atoms with E-state index in [1.807, 2.05) is 36.4 Å². The Labute approximate surface area is 202 Å². The van der Waals surface area contributed by atoms with E-state index in [1.54, 1.807) is 0 Å². The lowest BCUT2D eigenvalue weighted by Crippen LogP contribution is -2.33. The molecule has 0 saturated carbocycles. The van der Waals surface area contributed by atoms with E-state index in [1.165, 1.54) is 10.9 Å². The number of aliphatic hydroxyl groups excluding tert-OH is 3. The summed E-state index contributed by atoms with van der Waals surface area (Å²) in [4.78, 5) is 13.5. The van der Waals surface area contributed by atoms with Crippen molar-refractivity contribution >= 4 is 17.0 Å². The fourth-order valence-electron chi connectivity index (χ4n) is 4.47. The molecule has 35 heavy (non-hydrogen) atoms. The van der Waals surface area contributed by atoms with Crippen LogP contribution in [0.1, 0.15) is 29.1 Å². The predicted octanol–water partition coefficient (Wildman–Crippen LogP) is 1.14. The molecule has 6 N–H and O–H groups in total. The average Bonchev–Trinajstić information content (AvgIpc) is 3.45. The third-order valence-electron chi connectivity index (χ3n) is 6.32. The molecule has 4 aromatic rings. The third kappa shape index (κ3) is 4.49. The summed E-state index contributed by atoms with van der Waals surface area (Å²) in [6.07, 6.45) is -2.86. The first kappa shape index (κ1) is 23.3. The van der Waals surface area contributed by atoms with Gasteiger partial charge in [-0.1, -0.05) is 60.7 Å². The molecule has 5 rings (SSSR count). The molecule has 182 valence electrons. The number of aromatic nitrogens is 4. The van der Waals surface area contributed by atoms with Crippen LogP contribution < -0.4 is 11.1 Å². The Morgan fingerprint density at radius 3 is 2.20 bits per heavy atom. The number of hydrogen-bond acceptors (Lipinski definition) is 9. The molecule has 4 atom stereocenters. The van der Waals surface area contributed by atoms with Gasteiger partial charge in [-0.15, -0.1) is 0 Å². The van der Waals surface area contributed by atoms with Gasteiger partial charge < -0.3 is 31.1 Å². The summed E-state index contributed by atoms with van der Waals surface area (Å²) in [6, 6.07) is 20.4. The lowest BCUT2D eigenvalue weighted by molar-refractivity contribution is -0.0511. The number of nitrogens with one attached hydrogen (secondary N) is 1. The van der Waals surface area contributed by atoms with Gasteiger partial charge in [0.2, 0.25) is 0 Å². The lowest BCUT2D eigenvalue weighted by atomic mass is 9.91. The first-order valence-electron chi connectivity index (χ1n) is 11.5. The summed E-state index contributed by atoms with van der Waals surface area (Å²) in [6.45, 7) is 0.231. The SMILES string of the molecule is NCc1nc(NCC(c2ccccc2)c2ccccc2)c2ncn(C3O[C@H](CO)C(O)C3O)c2n1. The van der Waals surface area contributed by atoms with E-state index >= 15 is 0 Å². The first-order chi connectivity index (χ1) is 17.1. The minimum atomic E-state index is -1.25. The van der Waals surface area contributed by atoms with Crippen molar-refractivity contribution in [2.45, 2.75) is 37.0 Å². The molecule has 2 aromatic carbocycles. The predicted molar refractivity (Wildman–Crippen MR) is 129 cm³/mol. The Balaban J connectivity index is 1.49. The van der Waals surface area contributed by atoms with Crippen molar-refractivity contribution in [3.05, 3.63) is 83.9 Å². The summed E-state index contributed by atoms with van der Waals surface area (Å²) in [5.74, 6) is 0.966. The highest BCUT2D eigenvalue weighted by atomic mass is 16.6. The zero-order chi connectivity index (χ0) is 24.4. The van der Waals surface area contributed by atoms with Gasteiger partial charge in [-0.25, -0.2) is 15.0 Å². The zero-order valence-electron chi connectivity index (χ0n) is 19.0. The van der Waals surface area contributed by atoms with Crippen LogP contribution in [0.25, 0.3) is 11.2 Å². The molecule has 0 aliphatic carbocycles. The van der Waals surface area contributed by atoms with Gasteiger partial charge in [0.05, 0.1) is 19.5 Å². The molecule has 1 aliphatic rings. The second-order valence-electron chi connectivity index (χ2n) is 8.50. The Morgan fingerprint density at radius 1 is 0.971 bits per heavy atom. The van der Waals surface area contributed by atoms with Crippen molar-refractivity contribution in [2.75, 3.05) is 18.5 Å². The second-order valence-corrected chi connectivity index (χ2v) is 8.50. The molecule has 1 fully saturated rings. The molecule has 2 aromatic heterocycles. The summed E-state index contributed by atoms with van der Waals surface area (Å²) >= 11 is 0. The number of fused-ring (bicyclic) bond motifs is 1. The molecule has 3 heterocycles. The number of ether oxygens (including phenoxy) is 1. The van der Waals surface area contributed by atoms with Gasteiger partial charge in [-0.3, -0.25) is 4.57 Å². The van der Waals surface area contributed by atoms with E-state index in [-0.39, 0.29) is 12.5 Å². The quantitative estimate of drug-likeness (QED) is 0.252. The van der Waals surface area contributed by atoms with E-state index in [4.69, 9.17) is 10.5 Å². The first-order valence-corrected chi connectivity index (χ1v) is 11.5. The third-order valence-corrected chi connectivity index (χ3v) is 6.32. The normalized spacial score (nSPS) is 22.2. The number of rotatable bonds is 8. The van der Waals surface area contributed by atoms with E-state index in [0.717, 1.165) is 11.1 Å². The maximum absolute atomic E-state index is 10.5. The largest absolute Gasteiger partial charge is 0.394 e. The standard InChI is InChI=1S/C25H28N6O4/c26-11-19-29-23(27-12-17(15-7-3-1-4-8-15)16-9-5-2-6-10-16)20-24(30-19)31(14-28-20)25-22(34)21(33)18(13-32)35-25/h1-10,14,17-18,21-22,25,32-34H,11-13,26H2,(H,27,29,30)/t18-,21?,22?,25?/m1/s1. The maximum atomic E-state index is 10.5. The van der Waals surface area contributed by atoms with Gasteiger partial charge >= 0.3 is 0 Å². The lowest BCUT2D eigenvalue weighted by Gasteiger charge is -2.20. The molecule has 0 amide bonds. The molecule has 1 saturated heterocycles. The van der Waals surface area contributed by atoms with Crippen LogP contribution in [0.4, 0.5) is 5.82 Å². The van der Waals surface area contributed by atoms with Crippen molar-refractivity contribution in [1.29, 1.82) is 0 Å². The van der Waals surface area contributed by atoms with E-state index in [0.29, 0.717) is 29.4 Å². The van der Waals surface area contributed by atoms with Crippen LogP contribution in [0, 0.1) is 0 Å². The number of benzene rings is 2. The summed E-state index contributed by atoms with van der Waals surface area (Å²) in [5.41, 5.74) is 9.09. The van der Waals surface area contributed by atoms with Gasteiger partial charge in [-0.2, -0.15) is 0 Å². The minimum absolute atomic E-state index is 0.0614. The summed E-state index contributed by atoms with van der Waals surface area (Å²) in [7, 11) is 0. The number of nitrogens with zero attached hydrogens (tertiary/aromatic N) is 4. The second kappa shape index (κ2) is 10.1. The van der Waals surface area contributed by atoms with Crippen molar-refractivity contribution in [3.8, 4) is 0 Å². The zero-order valence-corrected chi connectivity index (χ0v) is 19.0. The number of anilines is 1. The minimum Gasteiger partial charge on any atom is -0.394 e. The van der Waals surface area contributed by atoms with Crippen LogP contribution in [0.2, 0.25) is 0 Å². The molecular weight excluding hydrogens is 448 g/mol. The van der Waals surface area contributed by atoms with Crippen LogP contribution in [0.3, 0.4) is 0 Å². The number of aliphatic hydroxyl groups is 3. The number of nitrogens with two attached hydrogens (primary N) is 1. The highest BCUT2D eigenvalue weighted by Crippen LogP contribution is 2.33. The Hall–Kier alpha value is -3.41. The van der Waals surface area contributed by atoms with Crippen molar-refractivity contribution in [3.63, 3.8) is 0 Å². The van der Waals surface area contributed by atoms with Crippen molar-refractivity contribution in [2.24, 2.45) is 5.73 Å². The monoisotopic (exact) mass is 476 g/mol. The molecule has 1 aliphatic heterocycles. The maximum Gasteiger partial charge on any atom is 0.168 e. The van der Waals surface area contributed by atoms with Crippen LogP contribution in [0.5, 0.6) is 0 Å². The van der Waals surface area contributed by atoms with Crippen LogP contribution in [-0.2, 0) is 11.3 Å². The molecule has 0 radical (unpaired) electrons. The fourth-order valence-corrected chi connectivity index (χ4v) is 4.47. The van der Waals surface area contributed by atoms with Crippen LogP contribution in [0.15, 0.2) is 67.0 Å². The van der Waals surface area contributed by atoms with E-state index in [2.05, 4.69) is 44.5 Å². The smallest absolute Gasteiger partial charge is 0.168 e. The molecule has 3 unspecified atom stereocenters. The molecular formula is C25H28N6O4. The fraction of sp³-hybridized carbons (Fsp3) is 0.320. The van der Waals surface area contributed by atoms with Crippen LogP contribution >= 0.6 is 0 Å². The van der Waals surface area contributed by atoms with Gasteiger partial charge in [0.1, 0.15) is 24.1 Å². The van der Waals surface area contributed by atoms with Gasteiger partial charge in [-0.05, 0) is 11.1 Å². The summed E-state index contributed by atoms with van der Waals surface area (Å²) in [5, 5.41) is 33.6. The number of imidazole rings is 1. The highest BCUT2D eigenvalue weighted by Gasteiger charge is 2.44. The van der Waals surface area contributed by atoms with Gasteiger partial charge in [0, 0.05) is 12.5 Å². The van der Waals surface area contributed by atoms with E-state index in [9.17, 15) is 15.3 Å². The molecule has 0 spiro atoms. The number of hydrogen-bond donors (Lipinski definition) is 5. The van der Waals surface area contributed by atoms with Crippen LogP contribution in [-0.4, -0.2) is 66.3 Å². The highest BCUT2D eigenvalue weighted by molar-refractivity contribution is 5.83. The van der Waals surface area contributed by atoms with Crippen molar-refractivity contribution < 1.29 is 20.1 Å². The molecule has 0 bridgehead atoms. The average molecular weight is 477 g/mol. The molecule has 10 heteroatoms. The topological polar surface area (TPSA) is 152 Å². The summed E-state index contributed by atoms with van der Waals surface area (Å²) < 4.78 is 7.21. The van der Waals surface area contributed by atoms with E-state index < -0.39 is 31.1 Å². The molecule has 10 nitrogen and oxygen atoms in total. The Bertz CT molecular complexity index is 1230. The van der Waals surface area contributed by atoms with Gasteiger partial charge in [0.25, 0.3) is 0 Å².